The lowest BCUT2D eigenvalue weighted by molar-refractivity contribution is -0.128. The lowest BCUT2D eigenvalue weighted by atomic mass is 10.0. The number of aromatic hydroxyl groups is 1. The summed E-state index contributed by atoms with van der Waals surface area (Å²) in [6.45, 7) is 9.27. The maximum Gasteiger partial charge on any atom is 0.261 e. The van der Waals surface area contributed by atoms with Gasteiger partial charge in [0.15, 0.2) is 5.75 Å². The van der Waals surface area contributed by atoms with Crippen LogP contribution in [-0.2, 0) is 9.53 Å². The minimum atomic E-state index is -0.708. The molecule has 3 atom stereocenters. The lowest BCUT2D eigenvalue weighted by Crippen LogP contribution is -2.57. The molecule has 4 heterocycles. The van der Waals surface area contributed by atoms with Gasteiger partial charge in [-0.05, 0) is 32.1 Å². The van der Waals surface area contributed by atoms with Crippen LogP contribution in [0.3, 0.4) is 0 Å². The van der Waals surface area contributed by atoms with Gasteiger partial charge >= 0.3 is 0 Å². The number of amides is 2. The number of halogens is 2. The quantitative estimate of drug-likeness (QED) is 0.609. The number of hydrogen-bond acceptors (Lipinski definition) is 7. The average Bonchev–Trinajstić information content (AvgIpc) is 3.00. The number of ether oxygens (including phenoxy) is 2. The molecule has 2 saturated heterocycles. The number of morpholine rings is 1. The zero-order valence-corrected chi connectivity index (χ0v) is 21.4. The van der Waals surface area contributed by atoms with Crippen molar-refractivity contribution >= 4 is 29.2 Å². The number of piperazine rings is 1. The maximum atomic E-state index is 14.9. The van der Waals surface area contributed by atoms with Gasteiger partial charge in [0.25, 0.3) is 5.91 Å². The number of nitrogens with zero attached hydrogens (tertiary/aromatic N) is 4. The average molecular weight is 531 g/mol. The standard InChI is InChI=1S/C26H28ClFN4O5/c1-4-19(34)30-8-9-32-16(12-30)13-36-24-21(26(32)35)25(31-10-14(2)37-15(3)11-31)29-23(22(24)27)20-17(28)6-5-7-18(20)33/h4-7,14-16,33H,1,8-13H2,2-3H3/t14-,15-,16-/m1/s1. The molecule has 2 fully saturated rings. The first-order chi connectivity index (χ1) is 17.7. The molecule has 0 bridgehead atoms. The van der Waals surface area contributed by atoms with Gasteiger partial charge in [0.05, 0.1) is 23.8 Å². The highest BCUT2D eigenvalue weighted by atomic mass is 35.5. The first kappa shape index (κ1) is 25.3. The Morgan fingerprint density at radius 3 is 2.62 bits per heavy atom. The normalized spacial score (nSPS) is 23.6. The molecule has 0 spiro atoms. The number of benzene rings is 1. The third kappa shape index (κ3) is 4.48. The Morgan fingerprint density at radius 1 is 1.22 bits per heavy atom. The second-order valence-corrected chi connectivity index (χ2v) is 9.93. The van der Waals surface area contributed by atoms with Crippen LogP contribution in [0, 0.1) is 5.82 Å². The van der Waals surface area contributed by atoms with Crippen LogP contribution in [0.25, 0.3) is 11.3 Å². The van der Waals surface area contributed by atoms with Crippen molar-refractivity contribution in [2.24, 2.45) is 0 Å². The van der Waals surface area contributed by atoms with Crippen LogP contribution in [0.5, 0.6) is 11.5 Å². The molecule has 0 aliphatic carbocycles. The second-order valence-electron chi connectivity index (χ2n) is 9.55. The smallest absolute Gasteiger partial charge is 0.261 e. The minimum absolute atomic E-state index is 0.0195. The van der Waals surface area contributed by atoms with E-state index in [0.29, 0.717) is 26.2 Å². The number of carbonyl (C=O) groups excluding carboxylic acids is 2. The molecule has 37 heavy (non-hydrogen) atoms. The summed E-state index contributed by atoms with van der Waals surface area (Å²) < 4.78 is 27.0. The number of aromatic nitrogens is 1. The van der Waals surface area contributed by atoms with E-state index in [4.69, 9.17) is 21.1 Å². The Balaban J connectivity index is 1.67. The number of carbonyl (C=O) groups is 2. The maximum absolute atomic E-state index is 14.9. The Labute approximate surface area is 219 Å². The van der Waals surface area contributed by atoms with Gasteiger partial charge in [-0.3, -0.25) is 9.59 Å². The third-order valence-electron chi connectivity index (χ3n) is 6.89. The van der Waals surface area contributed by atoms with Crippen LogP contribution in [-0.4, -0.2) is 89.3 Å². The summed E-state index contributed by atoms with van der Waals surface area (Å²) in [4.78, 5) is 36.1. The van der Waals surface area contributed by atoms with Crippen molar-refractivity contribution in [3.63, 3.8) is 0 Å². The van der Waals surface area contributed by atoms with Gasteiger partial charge < -0.3 is 29.3 Å². The molecule has 5 rings (SSSR count). The Hall–Kier alpha value is -3.37. The van der Waals surface area contributed by atoms with E-state index in [9.17, 15) is 19.1 Å². The van der Waals surface area contributed by atoms with Crippen LogP contribution in [0.15, 0.2) is 30.9 Å². The number of hydrogen-bond donors (Lipinski definition) is 1. The molecule has 0 saturated carbocycles. The second kappa shape index (κ2) is 9.83. The molecule has 3 aliphatic rings. The fourth-order valence-electron chi connectivity index (χ4n) is 5.27. The van der Waals surface area contributed by atoms with Gasteiger partial charge in [-0.1, -0.05) is 24.2 Å². The summed E-state index contributed by atoms with van der Waals surface area (Å²) in [5, 5.41) is 10.4. The first-order valence-corrected chi connectivity index (χ1v) is 12.5. The van der Waals surface area contributed by atoms with Crippen molar-refractivity contribution in [3.8, 4) is 22.8 Å². The van der Waals surface area contributed by atoms with E-state index < -0.39 is 11.9 Å². The number of phenolic OH excluding ortho intramolecular Hbond substituents is 1. The van der Waals surface area contributed by atoms with E-state index in [-0.39, 0.29) is 76.3 Å². The van der Waals surface area contributed by atoms with Gasteiger partial charge in [0, 0.05) is 32.7 Å². The van der Waals surface area contributed by atoms with Crippen LogP contribution in [0.2, 0.25) is 5.02 Å². The van der Waals surface area contributed by atoms with Crippen molar-refractivity contribution in [2.75, 3.05) is 44.2 Å². The summed E-state index contributed by atoms with van der Waals surface area (Å²) >= 11 is 6.75. The summed E-state index contributed by atoms with van der Waals surface area (Å²) in [5.41, 5.74) is -0.0162. The monoisotopic (exact) mass is 530 g/mol. The molecule has 9 nitrogen and oxygen atoms in total. The SMILES string of the molecule is C=CC(=O)N1CCN2C(=O)c3c(N4C[C@@H](C)O[C@H](C)C4)nc(-c4c(O)cccc4F)c(Cl)c3OC[C@H]2C1. The predicted molar refractivity (Wildman–Crippen MR) is 136 cm³/mol. The van der Waals surface area contributed by atoms with Gasteiger partial charge in [0.2, 0.25) is 5.91 Å². The van der Waals surface area contributed by atoms with Gasteiger partial charge in [0.1, 0.15) is 40.3 Å². The van der Waals surface area contributed by atoms with Gasteiger partial charge in [-0.2, -0.15) is 0 Å². The van der Waals surface area contributed by atoms with Crippen LogP contribution >= 0.6 is 11.6 Å². The van der Waals surface area contributed by atoms with Gasteiger partial charge in [-0.25, -0.2) is 9.37 Å². The molecule has 1 aromatic heterocycles. The largest absolute Gasteiger partial charge is 0.507 e. The number of phenols is 1. The van der Waals surface area contributed by atoms with Gasteiger partial charge in [-0.15, -0.1) is 0 Å². The Bertz CT molecular complexity index is 1240. The van der Waals surface area contributed by atoms with Crippen molar-refractivity contribution in [1.29, 1.82) is 0 Å². The zero-order chi connectivity index (χ0) is 26.4. The highest BCUT2D eigenvalue weighted by molar-refractivity contribution is 6.35. The molecule has 196 valence electrons. The molecular weight excluding hydrogens is 503 g/mol. The van der Waals surface area contributed by atoms with Crippen molar-refractivity contribution in [1.82, 2.24) is 14.8 Å². The number of rotatable bonds is 3. The zero-order valence-electron chi connectivity index (χ0n) is 20.6. The van der Waals surface area contributed by atoms with E-state index in [2.05, 4.69) is 11.6 Å². The lowest BCUT2D eigenvalue weighted by Gasteiger charge is -2.40. The topological polar surface area (TPSA) is 95.4 Å². The van der Waals surface area contributed by atoms with E-state index >= 15 is 0 Å². The molecule has 0 unspecified atom stereocenters. The third-order valence-corrected chi connectivity index (χ3v) is 7.24. The predicted octanol–water partition coefficient (Wildman–Crippen LogP) is 3.09. The number of pyridine rings is 1. The van der Waals surface area contributed by atoms with E-state index in [1.54, 1.807) is 9.80 Å². The fourth-order valence-corrected chi connectivity index (χ4v) is 5.55. The molecule has 2 amide bonds. The molecule has 3 aliphatic heterocycles. The van der Waals surface area contributed by atoms with Crippen LogP contribution < -0.4 is 9.64 Å². The number of anilines is 1. The molecular formula is C26H28ClFN4O5. The van der Waals surface area contributed by atoms with Crippen LogP contribution in [0.4, 0.5) is 10.2 Å². The van der Waals surface area contributed by atoms with Crippen LogP contribution in [0.1, 0.15) is 24.2 Å². The number of fused-ring (bicyclic) bond motifs is 2. The fraction of sp³-hybridized carbons (Fsp3) is 0.423. The Morgan fingerprint density at radius 2 is 1.95 bits per heavy atom. The molecule has 11 heteroatoms. The van der Waals surface area contributed by atoms with Crippen molar-refractivity contribution < 1.29 is 28.6 Å². The summed E-state index contributed by atoms with van der Waals surface area (Å²) in [5.74, 6) is -1.22. The molecule has 1 N–H and O–H groups in total. The first-order valence-electron chi connectivity index (χ1n) is 12.2. The highest BCUT2D eigenvalue weighted by Crippen LogP contribution is 2.46. The van der Waals surface area contributed by atoms with Crippen molar-refractivity contribution in [3.05, 3.63) is 47.3 Å². The highest BCUT2D eigenvalue weighted by Gasteiger charge is 2.41. The summed E-state index contributed by atoms with van der Waals surface area (Å²) in [6, 6.07) is 3.51. The van der Waals surface area contributed by atoms with E-state index in [1.807, 2.05) is 18.7 Å². The van der Waals surface area contributed by atoms with E-state index in [0.717, 1.165) is 0 Å². The molecule has 1 aromatic carbocycles. The molecule has 2 aromatic rings. The minimum Gasteiger partial charge on any atom is -0.507 e. The molecule has 0 radical (unpaired) electrons. The Kier molecular flexibility index (Phi) is 6.72. The van der Waals surface area contributed by atoms with E-state index in [1.165, 1.54) is 24.3 Å². The summed E-state index contributed by atoms with van der Waals surface area (Å²) in [6.07, 6.45) is 0.951. The van der Waals surface area contributed by atoms with Crippen molar-refractivity contribution in [2.45, 2.75) is 32.1 Å². The summed E-state index contributed by atoms with van der Waals surface area (Å²) in [7, 11) is 0.